The van der Waals surface area contributed by atoms with Crippen molar-refractivity contribution in [1.82, 2.24) is 14.5 Å². The predicted molar refractivity (Wildman–Crippen MR) is 75.1 cm³/mol. The third-order valence-corrected chi connectivity index (χ3v) is 3.81. The summed E-state index contributed by atoms with van der Waals surface area (Å²) < 4.78 is 38.1. The van der Waals surface area contributed by atoms with Gasteiger partial charge in [-0.1, -0.05) is 0 Å². The van der Waals surface area contributed by atoms with Gasteiger partial charge in [-0.15, -0.1) is 0 Å². The van der Waals surface area contributed by atoms with Crippen LogP contribution in [0.25, 0.3) is 11.0 Å². The van der Waals surface area contributed by atoms with Crippen LogP contribution in [-0.4, -0.2) is 50.8 Å². The molecule has 1 aliphatic rings. The van der Waals surface area contributed by atoms with Crippen LogP contribution in [0.2, 0.25) is 0 Å². The predicted octanol–water partition coefficient (Wildman–Crippen LogP) is 1.10. The van der Waals surface area contributed by atoms with Gasteiger partial charge in [-0.2, -0.15) is 13.2 Å². The molecule has 0 saturated carbocycles. The molecule has 0 radical (unpaired) electrons. The van der Waals surface area contributed by atoms with Gasteiger partial charge >= 0.3 is 11.9 Å². The van der Waals surface area contributed by atoms with Gasteiger partial charge in [0.2, 0.25) is 0 Å². The number of imidazole rings is 1. The number of hydrogen-bond acceptors (Lipinski definition) is 3. The molecule has 0 unspecified atom stereocenters. The van der Waals surface area contributed by atoms with Gasteiger partial charge in [-0.05, 0) is 24.6 Å². The van der Waals surface area contributed by atoms with E-state index in [-0.39, 0.29) is 29.0 Å². The zero-order valence-corrected chi connectivity index (χ0v) is 11.9. The van der Waals surface area contributed by atoms with Crippen molar-refractivity contribution in [3.8, 4) is 0 Å². The third kappa shape index (κ3) is 3.09. The van der Waals surface area contributed by atoms with Crippen molar-refractivity contribution in [3.05, 3.63) is 34.2 Å². The number of H-pyrrole nitrogens is 1. The Hall–Kier alpha value is -2.29. The first-order chi connectivity index (χ1) is 10.7. The minimum Gasteiger partial charge on any atom is -0.391 e. The van der Waals surface area contributed by atoms with E-state index in [0.717, 1.165) is 0 Å². The highest BCUT2D eigenvalue weighted by Crippen LogP contribution is 2.21. The van der Waals surface area contributed by atoms with Crippen molar-refractivity contribution in [2.75, 3.05) is 13.1 Å². The Bertz CT molecular complexity index is 809. The van der Waals surface area contributed by atoms with Crippen LogP contribution in [0.4, 0.5) is 13.2 Å². The summed E-state index contributed by atoms with van der Waals surface area (Å²) in [5.74, 6) is -0.326. The molecule has 0 bridgehead atoms. The monoisotopic (exact) mass is 329 g/mol. The minimum absolute atomic E-state index is 0.0883. The molecular formula is C14H14F3N3O3. The Balaban J connectivity index is 1.94. The van der Waals surface area contributed by atoms with Gasteiger partial charge in [0.1, 0.15) is 6.54 Å². The van der Waals surface area contributed by atoms with E-state index in [1.54, 1.807) is 0 Å². The molecule has 1 aliphatic heterocycles. The lowest BCUT2D eigenvalue weighted by Crippen LogP contribution is -2.29. The zero-order valence-electron chi connectivity index (χ0n) is 11.9. The summed E-state index contributed by atoms with van der Waals surface area (Å²) in [6.45, 7) is -0.746. The van der Waals surface area contributed by atoms with E-state index < -0.39 is 24.5 Å². The number of halogens is 3. The Morgan fingerprint density at radius 1 is 1.39 bits per heavy atom. The molecule has 9 heteroatoms. The van der Waals surface area contributed by atoms with Gasteiger partial charge in [0, 0.05) is 18.7 Å². The molecule has 1 fully saturated rings. The summed E-state index contributed by atoms with van der Waals surface area (Å²) in [4.78, 5) is 27.8. The number of nitrogens with one attached hydrogen (secondary N) is 1. The van der Waals surface area contributed by atoms with E-state index in [9.17, 15) is 27.9 Å². The number of amides is 1. The number of β-amino-alcohol motifs (C(OH)–C–C–N with tert-alkyl or cyclic N) is 1. The molecule has 23 heavy (non-hydrogen) atoms. The number of aromatic nitrogens is 2. The van der Waals surface area contributed by atoms with Crippen LogP contribution in [-0.2, 0) is 6.54 Å². The molecular weight excluding hydrogens is 315 g/mol. The topological polar surface area (TPSA) is 78.3 Å². The van der Waals surface area contributed by atoms with E-state index >= 15 is 0 Å². The maximum atomic E-state index is 12.5. The summed E-state index contributed by atoms with van der Waals surface area (Å²) in [6, 6.07) is 4.06. The van der Waals surface area contributed by atoms with Gasteiger partial charge in [-0.25, -0.2) is 4.79 Å². The molecule has 1 atom stereocenters. The lowest BCUT2D eigenvalue weighted by atomic mass is 10.1. The molecule has 2 aromatic rings. The zero-order chi connectivity index (χ0) is 16.8. The first-order valence-corrected chi connectivity index (χ1v) is 7.01. The average Bonchev–Trinajstić information content (AvgIpc) is 3.01. The van der Waals surface area contributed by atoms with Crippen LogP contribution < -0.4 is 5.69 Å². The highest BCUT2D eigenvalue weighted by atomic mass is 19.4. The molecule has 2 N–H and O–H groups in total. The molecule has 0 aliphatic carbocycles. The molecule has 1 aromatic heterocycles. The van der Waals surface area contributed by atoms with E-state index in [4.69, 9.17) is 0 Å². The minimum atomic E-state index is -4.51. The summed E-state index contributed by atoms with van der Waals surface area (Å²) in [7, 11) is 0. The molecule has 2 heterocycles. The highest BCUT2D eigenvalue weighted by molar-refractivity contribution is 5.97. The largest absolute Gasteiger partial charge is 0.406 e. The number of aromatic amines is 1. The second-order valence-electron chi connectivity index (χ2n) is 5.56. The first-order valence-electron chi connectivity index (χ1n) is 7.01. The summed E-state index contributed by atoms with van der Waals surface area (Å²) >= 11 is 0. The van der Waals surface area contributed by atoms with Crippen LogP contribution in [0.5, 0.6) is 0 Å². The number of rotatable bonds is 2. The quantitative estimate of drug-likeness (QED) is 0.866. The van der Waals surface area contributed by atoms with Crippen molar-refractivity contribution in [1.29, 1.82) is 0 Å². The fraction of sp³-hybridized carbons (Fsp3) is 0.429. The van der Waals surface area contributed by atoms with Crippen molar-refractivity contribution in [3.63, 3.8) is 0 Å². The molecule has 1 saturated heterocycles. The fourth-order valence-corrected chi connectivity index (χ4v) is 2.74. The number of carbonyl (C=O) groups excluding carboxylic acids is 1. The van der Waals surface area contributed by atoms with E-state index in [2.05, 4.69) is 4.98 Å². The first kappa shape index (κ1) is 15.6. The SMILES string of the molecule is O=C(c1ccc2c(c1)[nH]c(=O)n2CC(F)(F)F)N1CC[C@H](O)C1. The lowest BCUT2D eigenvalue weighted by molar-refractivity contribution is -0.140. The van der Waals surface area contributed by atoms with Gasteiger partial charge in [-0.3, -0.25) is 9.36 Å². The molecule has 6 nitrogen and oxygen atoms in total. The number of hydrogen-bond donors (Lipinski definition) is 2. The Morgan fingerprint density at radius 2 is 2.13 bits per heavy atom. The maximum Gasteiger partial charge on any atom is 0.406 e. The fourth-order valence-electron chi connectivity index (χ4n) is 2.74. The average molecular weight is 329 g/mol. The summed E-state index contributed by atoms with van der Waals surface area (Å²) in [5.41, 5.74) is -0.360. The number of aliphatic hydroxyl groups excluding tert-OH is 1. The van der Waals surface area contributed by atoms with Gasteiger partial charge < -0.3 is 15.0 Å². The van der Waals surface area contributed by atoms with Crippen LogP contribution in [0.3, 0.4) is 0 Å². The standard InChI is InChI=1S/C14H14F3N3O3/c15-14(16,17)7-20-11-2-1-8(5-10(11)18-13(20)23)12(22)19-4-3-9(21)6-19/h1-2,5,9,21H,3-4,6-7H2,(H,18,23)/t9-/m0/s1. The molecule has 0 spiro atoms. The van der Waals surface area contributed by atoms with Crippen molar-refractivity contribution in [2.45, 2.75) is 25.2 Å². The third-order valence-electron chi connectivity index (χ3n) is 3.81. The number of aliphatic hydroxyl groups is 1. The van der Waals surface area contributed by atoms with Gasteiger partial charge in [0.25, 0.3) is 5.91 Å². The van der Waals surface area contributed by atoms with Crippen LogP contribution in [0, 0.1) is 0 Å². The number of fused-ring (bicyclic) bond motifs is 1. The summed E-state index contributed by atoms with van der Waals surface area (Å²) in [6.07, 6.45) is -4.58. The van der Waals surface area contributed by atoms with Crippen molar-refractivity contribution < 1.29 is 23.1 Å². The van der Waals surface area contributed by atoms with E-state index in [0.29, 0.717) is 17.5 Å². The van der Waals surface area contributed by atoms with Crippen molar-refractivity contribution >= 4 is 16.9 Å². The van der Waals surface area contributed by atoms with Crippen LogP contribution in [0.1, 0.15) is 16.8 Å². The molecule has 124 valence electrons. The lowest BCUT2D eigenvalue weighted by Gasteiger charge is -2.15. The highest BCUT2D eigenvalue weighted by Gasteiger charge is 2.30. The number of carbonyl (C=O) groups is 1. The van der Waals surface area contributed by atoms with Crippen LogP contribution in [0.15, 0.2) is 23.0 Å². The number of likely N-dealkylation sites (tertiary alicyclic amines) is 1. The van der Waals surface area contributed by atoms with E-state index in [1.807, 2.05) is 0 Å². The normalized spacial score (nSPS) is 18.8. The Morgan fingerprint density at radius 3 is 2.74 bits per heavy atom. The molecule has 1 aromatic carbocycles. The molecule has 3 rings (SSSR count). The Kier molecular flexibility index (Phi) is 3.67. The maximum absolute atomic E-state index is 12.5. The number of nitrogens with zero attached hydrogens (tertiary/aromatic N) is 2. The second kappa shape index (κ2) is 5.41. The van der Waals surface area contributed by atoms with Gasteiger partial charge in [0.15, 0.2) is 0 Å². The number of benzene rings is 1. The number of alkyl halides is 3. The smallest absolute Gasteiger partial charge is 0.391 e. The van der Waals surface area contributed by atoms with Crippen LogP contribution >= 0.6 is 0 Å². The van der Waals surface area contributed by atoms with Crippen molar-refractivity contribution in [2.24, 2.45) is 0 Å². The summed E-state index contributed by atoms with van der Waals surface area (Å²) in [5, 5.41) is 9.46. The van der Waals surface area contributed by atoms with E-state index in [1.165, 1.54) is 23.1 Å². The second-order valence-corrected chi connectivity index (χ2v) is 5.56. The van der Waals surface area contributed by atoms with Gasteiger partial charge in [0.05, 0.1) is 17.1 Å². The Labute approximate surface area is 128 Å². The molecule has 1 amide bonds.